The minimum Gasteiger partial charge on any atom is -0.493 e. The number of benzene rings is 2. The zero-order chi connectivity index (χ0) is 27.1. The van der Waals surface area contributed by atoms with Gasteiger partial charge in [0.15, 0.2) is 11.5 Å². The van der Waals surface area contributed by atoms with Gasteiger partial charge in [-0.25, -0.2) is 4.79 Å². The Bertz CT molecular complexity index is 1100. The summed E-state index contributed by atoms with van der Waals surface area (Å²) >= 11 is 0. The number of likely N-dealkylation sites (N-methyl/N-ethyl adjacent to an activating group) is 1. The van der Waals surface area contributed by atoms with Gasteiger partial charge in [-0.3, -0.25) is 0 Å². The molecule has 0 aromatic heterocycles. The van der Waals surface area contributed by atoms with Crippen molar-refractivity contribution in [3.05, 3.63) is 53.6 Å². The summed E-state index contributed by atoms with van der Waals surface area (Å²) in [6.07, 6.45) is 2.23. The predicted octanol–water partition coefficient (Wildman–Crippen LogP) is 2.83. The van der Waals surface area contributed by atoms with Crippen molar-refractivity contribution in [2.24, 2.45) is 17.6 Å². The number of hydrogen-bond donors (Lipinski definition) is 1. The van der Waals surface area contributed by atoms with Crippen LogP contribution in [0.2, 0.25) is 0 Å². The van der Waals surface area contributed by atoms with Crippen LogP contribution in [0.25, 0.3) is 0 Å². The lowest BCUT2D eigenvalue weighted by molar-refractivity contribution is 0.0181. The molecule has 38 heavy (non-hydrogen) atoms. The quantitative estimate of drug-likeness (QED) is 0.485. The lowest BCUT2D eigenvalue weighted by Crippen LogP contribution is -2.57. The molecule has 2 aromatic carbocycles. The number of carbonyl (C=O) groups excluding carboxylic acids is 1. The number of rotatable bonds is 11. The first-order valence-electron chi connectivity index (χ1n) is 13.2. The highest BCUT2D eigenvalue weighted by Gasteiger charge is 2.35. The molecule has 2 N–H and O–H groups in total. The number of methoxy groups -OCH3 is 2. The molecule has 0 radical (unpaired) electrons. The maximum Gasteiger partial charge on any atom is 0.314 e. The Morgan fingerprint density at radius 3 is 2.32 bits per heavy atom. The van der Waals surface area contributed by atoms with Crippen LogP contribution in [-0.2, 0) is 6.42 Å². The van der Waals surface area contributed by atoms with Gasteiger partial charge in [0.2, 0.25) is 0 Å². The summed E-state index contributed by atoms with van der Waals surface area (Å²) in [6.45, 7) is 6.25. The summed E-state index contributed by atoms with van der Waals surface area (Å²) in [4.78, 5) is 18.6. The Morgan fingerprint density at radius 1 is 1.05 bits per heavy atom. The fraction of sp³-hybridized carbons (Fsp3) is 0.517. The van der Waals surface area contributed by atoms with E-state index in [1.807, 2.05) is 6.07 Å². The first-order chi connectivity index (χ1) is 18.4. The van der Waals surface area contributed by atoms with Gasteiger partial charge >= 0.3 is 6.03 Å². The van der Waals surface area contributed by atoms with Gasteiger partial charge in [0.1, 0.15) is 12.4 Å². The number of nitriles is 1. The molecule has 0 saturated carbocycles. The van der Waals surface area contributed by atoms with Crippen LogP contribution in [0.4, 0.5) is 4.79 Å². The van der Waals surface area contributed by atoms with Crippen LogP contribution in [0.15, 0.2) is 42.5 Å². The van der Waals surface area contributed by atoms with Crippen LogP contribution in [0.1, 0.15) is 17.5 Å². The zero-order valence-corrected chi connectivity index (χ0v) is 22.6. The number of hydrogen-bond acceptors (Lipinski definition) is 7. The average Bonchev–Trinajstić information content (AvgIpc) is 2.93. The number of urea groups is 1. The van der Waals surface area contributed by atoms with E-state index >= 15 is 0 Å². The van der Waals surface area contributed by atoms with E-state index in [2.05, 4.69) is 28.0 Å². The zero-order valence-electron chi connectivity index (χ0n) is 22.6. The molecule has 2 aliphatic rings. The van der Waals surface area contributed by atoms with Crippen molar-refractivity contribution in [1.82, 2.24) is 14.7 Å². The van der Waals surface area contributed by atoms with Crippen molar-refractivity contribution in [3.8, 4) is 23.3 Å². The first kappa shape index (κ1) is 27.6. The number of fused-ring (bicyclic) bond motifs is 2. The van der Waals surface area contributed by atoms with E-state index in [1.165, 1.54) is 12.0 Å². The minimum atomic E-state index is -0.461. The molecular weight excluding hydrogens is 482 g/mol. The molecule has 3 atom stereocenters. The number of ether oxygens (including phenoxy) is 3. The normalized spacial score (nSPS) is 20.3. The largest absolute Gasteiger partial charge is 0.493 e. The Morgan fingerprint density at radius 2 is 1.71 bits per heavy atom. The monoisotopic (exact) mass is 521 g/mol. The predicted molar refractivity (Wildman–Crippen MR) is 146 cm³/mol. The number of carbonyl (C=O) groups is 1. The van der Waals surface area contributed by atoms with E-state index in [9.17, 15) is 4.79 Å². The van der Waals surface area contributed by atoms with E-state index < -0.39 is 6.03 Å². The molecular formula is C29H39N5O4. The highest BCUT2D eigenvalue weighted by Crippen LogP contribution is 2.30. The summed E-state index contributed by atoms with van der Waals surface area (Å²) in [6, 6.07) is 14.7. The van der Waals surface area contributed by atoms with Gasteiger partial charge < -0.3 is 34.6 Å². The number of amides is 2. The van der Waals surface area contributed by atoms with Crippen molar-refractivity contribution in [2.45, 2.75) is 18.9 Å². The molecule has 204 valence electrons. The Labute approximate surface area is 225 Å². The summed E-state index contributed by atoms with van der Waals surface area (Å²) < 4.78 is 16.8. The third kappa shape index (κ3) is 7.09. The van der Waals surface area contributed by atoms with Crippen molar-refractivity contribution in [1.29, 1.82) is 5.26 Å². The molecule has 2 amide bonds. The molecule has 0 spiro atoms. The van der Waals surface area contributed by atoms with Crippen LogP contribution < -0.4 is 19.9 Å². The number of primary amides is 1. The third-order valence-corrected chi connectivity index (χ3v) is 7.69. The van der Waals surface area contributed by atoms with Crippen molar-refractivity contribution in [3.63, 3.8) is 0 Å². The summed E-state index contributed by atoms with van der Waals surface area (Å²) in [5, 5.41) is 9.00. The third-order valence-electron chi connectivity index (χ3n) is 7.69. The second-order valence-corrected chi connectivity index (χ2v) is 10.4. The molecule has 9 nitrogen and oxygen atoms in total. The average molecular weight is 522 g/mol. The van der Waals surface area contributed by atoms with Crippen LogP contribution in [-0.4, -0.2) is 93.9 Å². The molecule has 2 aromatic rings. The minimum absolute atomic E-state index is 0.164. The van der Waals surface area contributed by atoms with Gasteiger partial charge in [0.25, 0.3) is 0 Å². The molecule has 9 heteroatoms. The maximum atomic E-state index is 12.0. The van der Waals surface area contributed by atoms with Gasteiger partial charge in [0.05, 0.1) is 31.9 Å². The van der Waals surface area contributed by atoms with Gasteiger partial charge in [-0.2, -0.15) is 5.26 Å². The van der Waals surface area contributed by atoms with E-state index in [1.54, 1.807) is 50.4 Å². The number of piperidine rings is 2. The number of nitrogens with zero attached hydrogens (tertiary/aromatic N) is 4. The molecule has 2 bridgehead atoms. The van der Waals surface area contributed by atoms with Gasteiger partial charge in [-0.1, -0.05) is 6.07 Å². The fourth-order valence-electron chi connectivity index (χ4n) is 5.73. The standard InChI is InChI=1S/C29H39N5O4/c1-32(29(31)35)25(20-38-26-7-4-22(14-30)5-8-26)19-34-17-23-12-24(18-34)16-33(15-23)11-10-21-6-9-27(36-2)28(13-21)37-3/h4-9,13,23-25H,10-12,15-20H2,1-3H3,(H2,31,35). The molecule has 2 aliphatic heterocycles. The fourth-order valence-corrected chi connectivity index (χ4v) is 5.73. The van der Waals surface area contributed by atoms with Crippen LogP contribution in [0.3, 0.4) is 0 Å². The van der Waals surface area contributed by atoms with Crippen molar-refractivity contribution < 1.29 is 19.0 Å². The highest BCUT2D eigenvalue weighted by molar-refractivity contribution is 5.72. The molecule has 2 saturated heterocycles. The molecule has 2 fully saturated rings. The maximum absolute atomic E-state index is 12.0. The van der Waals surface area contributed by atoms with E-state index in [4.69, 9.17) is 25.2 Å². The molecule has 3 unspecified atom stereocenters. The number of likely N-dealkylation sites (tertiary alicyclic amines) is 2. The van der Waals surface area contributed by atoms with Crippen LogP contribution in [0, 0.1) is 23.2 Å². The van der Waals surface area contributed by atoms with Gasteiger partial charge in [-0.05, 0) is 66.6 Å². The lowest BCUT2D eigenvalue weighted by Gasteiger charge is -2.47. The van der Waals surface area contributed by atoms with Crippen molar-refractivity contribution in [2.75, 3.05) is 67.1 Å². The summed E-state index contributed by atoms with van der Waals surface area (Å²) in [7, 11) is 5.06. The smallest absolute Gasteiger partial charge is 0.314 e. The topological polar surface area (TPSA) is 104 Å². The molecule has 2 heterocycles. The molecule has 4 rings (SSSR count). The Balaban J connectivity index is 1.30. The second-order valence-electron chi connectivity index (χ2n) is 10.4. The van der Waals surface area contributed by atoms with Gasteiger partial charge in [0, 0.05) is 46.3 Å². The number of nitrogens with two attached hydrogens (primary N) is 1. The van der Waals surface area contributed by atoms with E-state index in [0.29, 0.717) is 36.3 Å². The SMILES string of the molecule is COc1ccc(CCN2CC3CC(C2)CN(CC(COc2ccc(C#N)cc2)N(C)C(N)=O)C3)cc1OC. The first-order valence-corrected chi connectivity index (χ1v) is 13.2. The summed E-state index contributed by atoms with van der Waals surface area (Å²) in [5.41, 5.74) is 7.46. The second kappa shape index (κ2) is 12.9. The van der Waals surface area contributed by atoms with Crippen molar-refractivity contribution >= 4 is 6.03 Å². The van der Waals surface area contributed by atoms with Crippen LogP contribution >= 0.6 is 0 Å². The van der Waals surface area contributed by atoms with E-state index in [0.717, 1.165) is 50.6 Å². The molecule has 0 aliphatic carbocycles. The van der Waals surface area contributed by atoms with Crippen LogP contribution in [0.5, 0.6) is 17.2 Å². The van der Waals surface area contributed by atoms with Gasteiger partial charge in [-0.15, -0.1) is 0 Å². The Kier molecular flexibility index (Phi) is 9.32. The Hall–Kier alpha value is -3.48. The highest BCUT2D eigenvalue weighted by atomic mass is 16.5. The lowest BCUT2D eigenvalue weighted by atomic mass is 9.84. The summed E-state index contributed by atoms with van der Waals surface area (Å²) in [5.74, 6) is 3.41. The van der Waals surface area contributed by atoms with E-state index in [-0.39, 0.29) is 6.04 Å².